The van der Waals surface area contributed by atoms with Crippen LogP contribution in [0.15, 0.2) is 30.5 Å². The van der Waals surface area contributed by atoms with Crippen LogP contribution >= 0.6 is 0 Å². The third-order valence-electron chi connectivity index (χ3n) is 3.57. The zero-order valence-electron chi connectivity index (χ0n) is 10.6. The van der Waals surface area contributed by atoms with Gasteiger partial charge in [0, 0.05) is 13.1 Å². The van der Waals surface area contributed by atoms with Crippen molar-refractivity contribution in [2.75, 3.05) is 5.32 Å². The number of halogens is 1. The van der Waals surface area contributed by atoms with Gasteiger partial charge >= 0.3 is 0 Å². The Morgan fingerprint density at radius 2 is 2.32 bits per heavy atom. The monoisotopic (exact) mass is 259 g/mol. The normalized spacial score (nSPS) is 17.3. The van der Waals surface area contributed by atoms with Gasteiger partial charge in [0.2, 0.25) is 5.91 Å². The Bertz CT molecular complexity index is 635. The Morgan fingerprint density at radius 3 is 3.05 bits per heavy atom. The summed E-state index contributed by atoms with van der Waals surface area (Å²) in [4.78, 5) is 12.3. The van der Waals surface area contributed by atoms with Crippen molar-refractivity contribution in [3.8, 4) is 0 Å². The van der Waals surface area contributed by atoms with Crippen LogP contribution in [0, 0.1) is 5.82 Å². The average Bonchev–Trinajstić information content (AvgIpc) is 2.96. The number of aromatic nitrogens is 2. The average molecular weight is 259 g/mol. The molecule has 19 heavy (non-hydrogen) atoms. The van der Waals surface area contributed by atoms with Crippen molar-refractivity contribution in [3.05, 3.63) is 47.4 Å². The van der Waals surface area contributed by atoms with Crippen LogP contribution in [-0.4, -0.2) is 15.7 Å². The van der Waals surface area contributed by atoms with E-state index < -0.39 is 0 Å². The van der Waals surface area contributed by atoms with E-state index in [-0.39, 0.29) is 17.6 Å². The van der Waals surface area contributed by atoms with E-state index >= 15 is 0 Å². The number of fused-ring (bicyclic) bond motifs is 1. The Morgan fingerprint density at radius 1 is 1.47 bits per heavy atom. The Kier molecular flexibility index (Phi) is 2.81. The fourth-order valence-corrected chi connectivity index (χ4v) is 2.57. The predicted octanol–water partition coefficient (Wildman–Crippen LogP) is 2.23. The maximum atomic E-state index is 13.1. The Labute approximate surface area is 110 Å². The minimum absolute atomic E-state index is 0.0611. The number of hydrogen-bond acceptors (Lipinski definition) is 2. The molecule has 98 valence electrons. The van der Waals surface area contributed by atoms with Gasteiger partial charge in [-0.25, -0.2) is 4.39 Å². The second-order valence-corrected chi connectivity index (χ2v) is 4.76. The quantitative estimate of drug-likeness (QED) is 0.899. The first-order chi connectivity index (χ1) is 9.15. The molecule has 0 radical (unpaired) electrons. The SMILES string of the molecule is Cn1nccc1NC(=O)C1CCc2cc(F)ccc21. The lowest BCUT2D eigenvalue weighted by atomic mass is 10.0. The summed E-state index contributed by atoms with van der Waals surface area (Å²) in [7, 11) is 1.77. The number of nitrogens with zero attached hydrogens (tertiary/aromatic N) is 2. The number of carbonyl (C=O) groups is 1. The molecular formula is C14H14FN3O. The van der Waals surface area contributed by atoms with Crippen LogP contribution in [0.25, 0.3) is 0 Å². The van der Waals surface area contributed by atoms with Crippen molar-refractivity contribution in [1.82, 2.24) is 9.78 Å². The van der Waals surface area contributed by atoms with Crippen molar-refractivity contribution in [2.45, 2.75) is 18.8 Å². The molecule has 1 heterocycles. The number of hydrogen-bond donors (Lipinski definition) is 1. The maximum absolute atomic E-state index is 13.1. The van der Waals surface area contributed by atoms with Gasteiger partial charge in [-0.3, -0.25) is 9.48 Å². The summed E-state index contributed by atoms with van der Waals surface area (Å²) in [6.07, 6.45) is 3.10. The van der Waals surface area contributed by atoms with Crippen LogP contribution < -0.4 is 5.32 Å². The van der Waals surface area contributed by atoms with Crippen molar-refractivity contribution in [2.24, 2.45) is 7.05 Å². The van der Waals surface area contributed by atoms with Crippen molar-refractivity contribution in [3.63, 3.8) is 0 Å². The fourth-order valence-electron chi connectivity index (χ4n) is 2.57. The van der Waals surface area contributed by atoms with Crippen LogP contribution in [-0.2, 0) is 18.3 Å². The predicted molar refractivity (Wildman–Crippen MR) is 69.3 cm³/mol. The zero-order valence-corrected chi connectivity index (χ0v) is 10.6. The zero-order chi connectivity index (χ0) is 13.4. The summed E-state index contributed by atoms with van der Waals surface area (Å²) < 4.78 is 14.7. The van der Waals surface area contributed by atoms with Gasteiger partial charge in [0.1, 0.15) is 11.6 Å². The highest BCUT2D eigenvalue weighted by molar-refractivity contribution is 5.95. The summed E-state index contributed by atoms with van der Waals surface area (Å²) in [5, 5.41) is 6.86. The van der Waals surface area contributed by atoms with E-state index in [0.29, 0.717) is 5.82 Å². The number of aryl methyl sites for hydroxylation is 2. The first-order valence-corrected chi connectivity index (χ1v) is 6.22. The summed E-state index contributed by atoms with van der Waals surface area (Å²) in [5.41, 5.74) is 1.87. The van der Waals surface area contributed by atoms with Crippen molar-refractivity contribution < 1.29 is 9.18 Å². The number of rotatable bonds is 2. The molecule has 1 aliphatic carbocycles. The fraction of sp³-hybridized carbons (Fsp3) is 0.286. The summed E-state index contributed by atoms with van der Waals surface area (Å²) in [5.74, 6) is 0.159. The van der Waals surface area contributed by atoms with Crippen LogP contribution in [0.5, 0.6) is 0 Å². The van der Waals surface area contributed by atoms with Crippen LogP contribution in [0.4, 0.5) is 10.2 Å². The molecule has 1 aliphatic rings. The first kappa shape index (κ1) is 11.9. The van der Waals surface area contributed by atoms with E-state index in [2.05, 4.69) is 10.4 Å². The third kappa shape index (κ3) is 2.12. The molecule has 1 unspecified atom stereocenters. The topological polar surface area (TPSA) is 46.9 Å². The van der Waals surface area contributed by atoms with Crippen molar-refractivity contribution >= 4 is 11.7 Å². The molecular weight excluding hydrogens is 245 g/mol. The molecule has 1 aromatic heterocycles. The molecule has 1 N–H and O–H groups in total. The number of carbonyl (C=O) groups excluding carboxylic acids is 1. The van der Waals surface area contributed by atoms with Crippen LogP contribution in [0.2, 0.25) is 0 Å². The maximum Gasteiger partial charge on any atom is 0.233 e. The number of anilines is 1. The molecule has 0 saturated heterocycles. The highest BCUT2D eigenvalue weighted by Crippen LogP contribution is 2.34. The molecule has 1 amide bonds. The minimum Gasteiger partial charge on any atom is -0.310 e. The van der Waals surface area contributed by atoms with Gasteiger partial charge in [-0.15, -0.1) is 0 Å². The molecule has 1 aromatic carbocycles. The standard InChI is InChI=1S/C14H14FN3O/c1-18-13(6-7-16-18)17-14(19)12-4-2-9-8-10(15)3-5-11(9)12/h3,5-8,12H,2,4H2,1H3,(H,17,19). The molecule has 0 fully saturated rings. The molecule has 5 heteroatoms. The first-order valence-electron chi connectivity index (χ1n) is 6.22. The van der Waals surface area contributed by atoms with Gasteiger partial charge in [0.05, 0.1) is 12.1 Å². The van der Waals surface area contributed by atoms with Gasteiger partial charge in [-0.05, 0) is 36.1 Å². The van der Waals surface area contributed by atoms with E-state index in [1.54, 1.807) is 30.1 Å². The lowest BCUT2D eigenvalue weighted by Crippen LogP contribution is -2.20. The second-order valence-electron chi connectivity index (χ2n) is 4.76. The molecule has 0 saturated carbocycles. The van der Waals surface area contributed by atoms with Crippen LogP contribution in [0.3, 0.4) is 0 Å². The number of nitrogens with one attached hydrogen (secondary N) is 1. The van der Waals surface area contributed by atoms with E-state index in [0.717, 1.165) is 24.0 Å². The lowest BCUT2D eigenvalue weighted by molar-refractivity contribution is -0.117. The third-order valence-corrected chi connectivity index (χ3v) is 3.57. The second kappa shape index (κ2) is 4.50. The molecule has 3 rings (SSSR count). The van der Waals surface area contributed by atoms with Crippen molar-refractivity contribution in [1.29, 1.82) is 0 Å². The molecule has 1 atom stereocenters. The molecule has 2 aromatic rings. The van der Waals surface area contributed by atoms with Gasteiger partial charge in [-0.1, -0.05) is 6.07 Å². The van der Waals surface area contributed by atoms with Gasteiger partial charge in [-0.2, -0.15) is 5.10 Å². The van der Waals surface area contributed by atoms with E-state index in [1.165, 1.54) is 12.1 Å². The van der Waals surface area contributed by atoms with Gasteiger partial charge < -0.3 is 5.32 Å². The summed E-state index contributed by atoms with van der Waals surface area (Å²) in [6, 6.07) is 6.39. The smallest absolute Gasteiger partial charge is 0.233 e. The minimum atomic E-state index is -0.244. The molecule has 0 aliphatic heterocycles. The molecule has 0 spiro atoms. The van der Waals surface area contributed by atoms with E-state index in [1.807, 2.05) is 0 Å². The summed E-state index contributed by atoms with van der Waals surface area (Å²) in [6.45, 7) is 0. The Hall–Kier alpha value is -2.17. The lowest BCUT2D eigenvalue weighted by Gasteiger charge is -2.12. The highest BCUT2D eigenvalue weighted by atomic mass is 19.1. The van der Waals surface area contributed by atoms with Crippen LogP contribution in [0.1, 0.15) is 23.5 Å². The Balaban J connectivity index is 1.82. The van der Waals surface area contributed by atoms with E-state index in [9.17, 15) is 9.18 Å². The summed E-state index contributed by atoms with van der Waals surface area (Å²) >= 11 is 0. The van der Waals surface area contributed by atoms with Gasteiger partial charge in [0.25, 0.3) is 0 Å². The largest absolute Gasteiger partial charge is 0.310 e. The highest BCUT2D eigenvalue weighted by Gasteiger charge is 2.29. The van der Waals surface area contributed by atoms with Gasteiger partial charge in [0.15, 0.2) is 0 Å². The number of amides is 1. The molecule has 0 bridgehead atoms. The number of benzene rings is 1. The molecule has 4 nitrogen and oxygen atoms in total. The van der Waals surface area contributed by atoms with E-state index in [4.69, 9.17) is 0 Å².